The Bertz CT molecular complexity index is 88.5. The van der Waals surface area contributed by atoms with Crippen molar-refractivity contribution in [2.45, 2.75) is 0 Å². The molecule has 0 nitrogen and oxygen atoms in total. The number of hydrogen-bond acceptors (Lipinski definition) is 0. The molecule has 0 saturated heterocycles. The molecule has 0 aromatic carbocycles. The second-order valence-corrected chi connectivity index (χ2v) is 6.58. The average Bonchev–Trinajstić information content (AvgIpc) is 0.650. The van der Waals surface area contributed by atoms with Crippen molar-refractivity contribution in [1.29, 1.82) is 0 Å². The van der Waals surface area contributed by atoms with Gasteiger partial charge in [0, 0.05) is 0 Å². The van der Waals surface area contributed by atoms with Crippen molar-refractivity contribution in [3.05, 3.63) is 0 Å². The summed E-state index contributed by atoms with van der Waals surface area (Å²) in [5, 5.41) is 0. The van der Waals surface area contributed by atoms with Crippen molar-refractivity contribution >= 4 is 7.27 Å². The molecule has 0 atom stereocenters. The predicted molar refractivity (Wildman–Crippen MR) is 16.8 cm³/mol. The van der Waals surface area contributed by atoms with Crippen molar-refractivity contribution in [1.82, 2.24) is 0 Å². The molecule has 5 heteroatoms. The number of rotatable bonds is 0. The number of hydrogen-bond donors (Lipinski definition) is 0. The van der Waals surface area contributed by atoms with Crippen molar-refractivity contribution in [2.75, 3.05) is 6.26 Å². The molecule has 0 aromatic heterocycles. The molecular weight excluding hydrogens is 209 g/mol. The van der Waals surface area contributed by atoms with Gasteiger partial charge in [0.15, 0.2) is 0 Å². The van der Waals surface area contributed by atoms with E-state index in [1.54, 1.807) is 19.2 Å². The van der Waals surface area contributed by atoms with E-state index < -0.39 is 7.27 Å². The average molecular weight is 212 g/mol. The van der Waals surface area contributed by atoms with Gasteiger partial charge in [-0.25, -0.2) is 0 Å². The molecule has 0 rings (SSSR count). The molecule has 0 aliphatic rings. The van der Waals surface area contributed by atoms with E-state index in [4.69, 9.17) is 0 Å². The normalized spacial score (nSPS) is 19.3. The third-order valence-corrected chi connectivity index (χ3v) is 0. The molecule has 0 spiro atoms. The van der Waals surface area contributed by atoms with Crippen LogP contribution in [-0.2, 0) is 19.2 Å². The zero-order chi connectivity index (χ0) is 5.45. The van der Waals surface area contributed by atoms with Crippen LogP contribution in [0.15, 0.2) is 0 Å². The fraction of sp³-hybridized carbons (Fsp3) is 1.00. The summed E-state index contributed by atoms with van der Waals surface area (Å²) in [6.45, 7) is 0. The zero-order valence-electron chi connectivity index (χ0n) is 2.84. The Morgan fingerprint density at radius 3 is 1.33 bits per heavy atom. The first-order valence-corrected chi connectivity index (χ1v) is 4.80. The summed E-state index contributed by atoms with van der Waals surface area (Å²) < 4.78 is 33.2. The summed E-state index contributed by atoms with van der Waals surface area (Å²) in [6, 6.07) is 0. The third-order valence-electron chi connectivity index (χ3n) is 0. The van der Waals surface area contributed by atoms with Crippen LogP contribution in [0, 0.1) is 0 Å². The minimum absolute atomic E-state index is 0.232. The van der Waals surface area contributed by atoms with Gasteiger partial charge in [0.1, 0.15) is 0 Å². The summed E-state index contributed by atoms with van der Waals surface area (Å²) in [7, 11) is -5.54. The second-order valence-electron chi connectivity index (χ2n) is 0.901. The maximum atomic E-state index is 11.1. The van der Waals surface area contributed by atoms with E-state index in [0.29, 0.717) is 0 Å². The molecule has 0 saturated carbocycles. The Kier molecular flexibility index (Phi) is 1.36. The van der Waals surface area contributed by atoms with Crippen LogP contribution in [0.4, 0.5) is 11.7 Å². The summed E-state index contributed by atoms with van der Waals surface area (Å²) in [4.78, 5) is 0. The van der Waals surface area contributed by atoms with Crippen LogP contribution < -0.4 is 0 Å². The molecule has 45 valence electrons. The monoisotopic (exact) mass is 211 g/mol. The molecule has 0 bridgehead atoms. The molecule has 0 radical (unpaired) electrons. The standard InChI is InChI=1S/CH3F3S.Ag/c1-5(2,3)4;/h1H3;. The SMILES string of the molecule is C[S](F)(F)(F)=[Ag]. The van der Waals surface area contributed by atoms with Gasteiger partial charge in [-0.15, -0.1) is 0 Å². The van der Waals surface area contributed by atoms with Crippen LogP contribution in [0.2, 0.25) is 0 Å². The van der Waals surface area contributed by atoms with Gasteiger partial charge in [-0.05, 0) is 0 Å². The van der Waals surface area contributed by atoms with E-state index >= 15 is 0 Å². The molecule has 0 amide bonds. The van der Waals surface area contributed by atoms with Crippen LogP contribution in [0.1, 0.15) is 0 Å². The summed E-state index contributed by atoms with van der Waals surface area (Å²) in [5.74, 6) is 0. The Morgan fingerprint density at radius 1 is 1.33 bits per heavy atom. The van der Waals surface area contributed by atoms with E-state index in [2.05, 4.69) is 0 Å². The first kappa shape index (κ1) is 6.88. The van der Waals surface area contributed by atoms with Crippen molar-refractivity contribution in [3.8, 4) is 0 Å². The van der Waals surface area contributed by atoms with Crippen molar-refractivity contribution in [3.63, 3.8) is 0 Å². The van der Waals surface area contributed by atoms with E-state index in [9.17, 15) is 11.7 Å². The fourth-order valence-electron chi connectivity index (χ4n) is 0. The molecule has 0 heterocycles. The Labute approximate surface area is 44.7 Å². The molecule has 0 unspecified atom stereocenters. The van der Waals surface area contributed by atoms with Gasteiger partial charge in [-0.1, -0.05) is 0 Å². The van der Waals surface area contributed by atoms with Gasteiger partial charge in [0.25, 0.3) is 0 Å². The molecule has 0 N–H and O–H groups in total. The quantitative estimate of drug-likeness (QED) is 0.539. The van der Waals surface area contributed by atoms with Gasteiger partial charge in [0.05, 0.1) is 0 Å². The Morgan fingerprint density at radius 2 is 1.33 bits per heavy atom. The molecule has 0 aliphatic heterocycles. The van der Waals surface area contributed by atoms with Crippen LogP contribution in [0.3, 0.4) is 0 Å². The topological polar surface area (TPSA) is 0 Å². The summed E-state index contributed by atoms with van der Waals surface area (Å²) >= 11 is 1.60. The van der Waals surface area contributed by atoms with Crippen LogP contribution in [0.25, 0.3) is 0 Å². The first-order valence-electron chi connectivity index (χ1n) is 0.994. The van der Waals surface area contributed by atoms with Crippen molar-refractivity contribution in [2.24, 2.45) is 0 Å². The summed E-state index contributed by atoms with van der Waals surface area (Å²) in [6.07, 6.45) is 0.232. The number of halogens is 3. The van der Waals surface area contributed by atoms with Gasteiger partial charge < -0.3 is 0 Å². The van der Waals surface area contributed by atoms with E-state index in [1.807, 2.05) is 0 Å². The molecular formula is CH3AgF3S. The summed E-state index contributed by atoms with van der Waals surface area (Å²) in [5.41, 5.74) is 0. The Hall–Kier alpha value is 0.880. The van der Waals surface area contributed by atoms with Crippen molar-refractivity contribution < 1.29 is 30.8 Å². The van der Waals surface area contributed by atoms with Crippen LogP contribution in [0.5, 0.6) is 0 Å². The van der Waals surface area contributed by atoms with E-state index in [1.165, 1.54) is 0 Å². The first-order chi connectivity index (χ1) is 2.24. The zero-order valence-corrected chi connectivity index (χ0v) is 5.14. The molecule has 0 fully saturated rings. The van der Waals surface area contributed by atoms with Gasteiger partial charge in [-0.2, -0.15) is 0 Å². The minimum atomic E-state index is -5.54. The maximum absolute atomic E-state index is 11.1. The van der Waals surface area contributed by atoms with Crippen LogP contribution in [-0.4, -0.2) is 6.26 Å². The Balaban J connectivity index is 4.16. The van der Waals surface area contributed by atoms with E-state index in [-0.39, 0.29) is 6.26 Å². The second kappa shape index (κ2) is 1.18. The van der Waals surface area contributed by atoms with Crippen LogP contribution >= 0.6 is 7.27 Å². The molecule has 0 aliphatic carbocycles. The fourth-order valence-corrected chi connectivity index (χ4v) is 0. The predicted octanol–water partition coefficient (Wildman–Crippen LogP) is 2.07. The molecule has 0 aromatic rings. The van der Waals surface area contributed by atoms with Gasteiger partial charge in [-0.3, -0.25) is 0 Å². The van der Waals surface area contributed by atoms with Gasteiger partial charge >= 0.3 is 44.4 Å². The molecule has 6 heavy (non-hydrogen) atoms. The van der Waals surface area contributed by atoms with E-state index in [0.717, 1.165) is 0 Å². The third kappa shape index (κ3) is 94.8. The van der Waals surface area contributed by atoms with Gasteiger partial charge in [0.2, 0.25) is 0 Å².